The van der Waals surface area contributed by atoms with Crippen LogP contribution >= 0.6 is 23.1 Å². The Morgan fingerprint density at radius 1 is 0.971 bits per heavy atom. The summed E-state index contributed by atoms with van der Waals surface area (Å²) in [6.45, 7) is 0.178. The van der Waals surface area contributed by atoms with Gasteiger partial charge in [0.2, 0.25) is 0 Å². The lowest BCUT2D eigenvalue weighted by atomic mass is 9.93. The summed E-state index contributed by atoms with van der Waals surface area (Å²) in [5.41, 5.74) is 5.92. The molecule has 4 nitrogen and oxygen atoms in total. The fourth-order valence-corrected chi connectivity index (χ4v) is 6.75. The predicted octanol–water partition coefficient (Wildman–Crippen LogP) is 6.69. The molecule has 0 atom stereocenters. The molecular weight excluding hydrogens is 462 g/mol. The van der Waals surface area contributed by atoms with E-state index in [1.807, 2.05) is 23.9 Å². The topological polar surface area (TPSA) is 59.4 Å². The summed E-state index contributed by atoms with van der Waals surface area (Å²) in [5, 5.41) is 8.91. The van der Waals surface area contributed by atoms with Gasteiger partial charge in [-0.2, -0.15) is 0 Å². The second kappa shape index (κ2) is 10.5. The van der Waals surface area contributed by atoms with Crippen LogP contribution in [-0.2, 0) is 17.6 Å². The summed E-state index contributed by atoms with van der Waals surface area (Å²) in [6.07, 6.45) is 1.81. The molecule has 0 saturated carbocycles. The van der Waals surface area contributed by atoms with Crippen molar-refractivity contribution in [1.82, 2.24) is 4.98 Å². The maximum atomic E-state index is 10.8. The zero-order valence-corrected chi connectivity index (χ0v) is 20.3. The van der Waals surface area contributed by atoms with Gasteiger partial charge in [0.15, 0.2) is 4.34 Å². The van der Waals surface area contributed by atoms with Crippen molar-refractivity contribution in [2.45, 2.75) is 29.5 Å². The van der Waals surface area contributed by atoms with Crippen LogP contribution in [0.5, 0.6) is 5.75 Å². The fourth-order valence-electron chi connectivity index (χ4n) is 4.35. The second-order valence-corrected chi connectivity index (χ2v) is 10.6. The number of hydrogen-bond donors (Lipinski definition) is 1. The SMILES string of the molecule is O=C(O)CCOc1cccc2c1CCc1sc(SCC(c3ccccc3)c3ccccc3)nc1-2. The average Bonchev–Trinajstić information content (AvgIpc) is 3.29. The lowest BCUT2D eigenvalue weighted by Crippen LogP contribution is -2.09. The fraction of sp³-hybridized carbons (Fsp3) is 0.214. The third-order valence-electron chi connectivity index (χ3n) is 6.02. The molecular formula is C28H25NO3S2. The zero-order valence-electron chi connectivity index (χ0n) is 18.6. The monoisotopic (exact) mass is 487 g/mol. The summed E-state index contributed by atoms with van der Waals surface area (Å²) in [6, 6.07) is 27.3. The van der Waals surface area contributed by atoms with Crippen LogP contribution in [0.1, 0.15) is 33.9 Å². The van der Waals surface area contributed by atoms with Crippen LogP contribution in [0.4, 0.5) is 0 Å². The van der Waals surface area contributed by atoms with Crippen molar-refractivity contribution in [3.05, 3.63) is 100 Å². The van der Waals surface area contributed by atoms with Gasteiger partial charge in [-0.25, -0.2) is 4.98 Å². The molecule has 3 aromatic carbocycles. The van der Waals surface area contributed by atoms with Crippen molar-refractivity contribution in [1.29, 1.82) is 0 Å². The van der Waals surface area contributed by atoms with Crippen LogP contribution < -0.4 is 4.74 Å². The van der Waals surface area contributed by atoms with Crippen LogP contribution in [0.3, 0.4) is 0 Å². The summed E-state index contributed by atoms with van der Waals surface area (Å²) < 4.78 is 6.89. The van der Waals surface area contributed by atoms with Gasteiger partial charge in [-0.1, -0.05) is 84.6 Å². The minimum absolute atomic E-state index is 0.00357. The van der Waals surface area contributed by atoms with Gasteiger partial charge in [0.05, 0.1) is 18.7 Å². The van der Waals surface area contributed by atoms with Gasteiger partial charge in [-0.05, 0) is 30.0 Å². The third-order valence-corrected chi connectivity index (χ3v) is 8.37. The first-order valence-electron chi connectivity index (χ1n) is 11.4. The Morgan fingerprint density at radius 2 is 1.68 bits per heavy atom. The molecule has 34 heavy (non-hydrogen) atoms. The number of rotatable bonds is 9. The van der Waals surface area contributed by atoms with Crippen LogP contribution in [0, 0.1) is 0 Å². The van der Waals surface area contributed by atoms with Crippen LogP contribution in [0.15, 0.2) is 83.2 Å². The van der Waals surface area contributed by atoms with E-state index in [0.29, 0.717) is 5.92 Å². The minimum Gasteiger partial charge on any atom is -0.493 e. The first-order chi connectivity index (χ1) is 16.7. The highest BCUT2D eigenvalue weighted by atomic mass is 32.2. The Bertz CT molecular complexity index is 1230. The van der Waals surface area contributed by atoms with Crippen LogP contribution in [0.25, 0.3) is 11.3 Å². The van der Waals surface area contributed by atoms with Gasteiger partial charge in [-0.15, -0.1) is 11.3 Å². The van der Waals surface area contributed by atoms with Gasteiger partial charge in [-0.3, -0.25) is 4.79 Å². The van der Waals surface area contributed by atoms with E-state index >= 15 is 0 Å². The number of thiazole rings is 1. The Kier molecular flexibility index (Phi) is 6.97. The van der Waals surface area contributed by atoms with Crippen molar-refractivity contribution in [2.24, 2.45) is 0 Å². The van der Waals surface area contributed by atoms with Crippen molar-refractivity contribution in [3.63, 3.8) is 0 Å². The lowest BCUT2D eigenvalue weighted by molar-refractivity contribution is -0.137. The molecule has 0 bridgehead atoms. The molecule has 6 heteroatoms. The van der Waals surface area contributed by atoms with E-state index in [2.05, 4.69) is 66.7 Å². The van der Waals surface area contributed by atoms with E-state index in [9.17, 15) is 4.79 Å². The highest BCUT2D eigenvalue weighted by Crippen LogP contribution is 2.43. The summed E-state index contributed by atoms with van der Waals surface area (Å²) >= 11 is 3.61. The number of hydrogen-bond acceptors (Lipinski definition) is 5. The van der Waals surface area contributed by atoms with Crippen molar-refractivity contribution in [3.8, 4) is 17.0 Å². The van der Waals surface area contributed by atoms with Gasteiger partial charge in [0, 0.05) is 27.7 Å². The molecule has 1 aliphatic rings. The van der Waals surface area contributed by atoms with Gasteiger partial charge in [0.25, 0.3) is 0 Å². The molecule has 1 aliphatic carbocycles. The van der Waals surface area contributed by atoms with Crippen LogP contribution in [-0.4, -0.2) is 28.4 Å². The largest absolute Gasteiger partial charge is 0.493 e. The first kappa shape index (κ1) is 22.7. The molecule has 1 heterocycles. The summed E-state index contributed by atoms with van der Waals surface area (Å²) in [7, 11) is 0. The number of aryl methyl sites for hydroxylation is 1. The lowest BCUT2D eigenvalue weighted by Gasteiger charge is -2.18. The molecule has 0 radical (unpaired) electrons. The first-order valence-corrected chi connectivity index (χ1v) is 13.2. The minimum atomic E-state index is -0.849. The number of carboxylic acids is 1. The number of nitrogens with zero attached hydrogens (tertiary/aromatic N) is 1. The Balaban J connectivity index is 1.36. The standard InChI is InChI=1S/C28H25NO3S2/c30-26(31)16-17-32-24-13-7-12-22-21(24)14-15-25-27(22)29-28(34-25)33-18-23(19-8-3-1-4-9-19)20-10-5-2-6-11-20/h1-13,23H,14-18H2,(H,30,31). The smallest absolute Gasteiger partial charge is 0.306 e. The average molecular weight is 488 g/mol. The Morgan fingerprint density at radius 3 is 2.35 bits per heavy atom. The van der Waals surface area contributed by atoms with E-state index in [-0.39, 0.29) is 13.0 Å². The molecule has 0 aliphatic heterocycles. The van der Waals surface area contributed by atoms with E-state index < -0.39 is 5.97 Å². The quantitative estimate of drug-likeness (QED) is 0.267. The van der Waals surface area contributed by atoms with E-state index in [1.165, 1.54) is 16.0 Å². The normalized spacial score (nSPS) is 12.3. The Hall–Kier alpha value is -3.09. The van der Waals surface area contributed by atoms with Gasteiger partial charge >= 0.3 is 5.97 Å². The number of aliphatic carboxylic acids is 1. The van der Waals surface area contributed by atoms with E-state index in [0.717, 1.165) is 45.5 Å². The number of carbonyl (C=O) groups is 1. The molecule has 0 fully saturated rings. The number of carboxylic acid groups (broad SMARTS) is 1. The second-order valence-electron chi connectivity index (χ2n) is 8.21. The van der Waals surface area contributed by atoms with Gasteiger partial charge < -0.3 is 9.84 Å². The summed E-state index contributed by atoms with van der Waals surface area (Å²) in [4.78, 5) is 17.2. The highest BCUT2D eigenvalue weighted by Gasteiger charge is 2.24. The molecule has 172 valence electrons. The van der Waals surface area contributed by atoms with Gasteiger partial charge in [0.1, 0.15) is 5.75 Å². The molecule has 1 aromatic heterocycles. The molecule has 1 N–H and O–H groups in total. The van der Waals surface area contributed by atoms with E-state index in [1.54, 1.807) is 11.3 Å². The molecule has 0 saturated heterocycles. The predicted molar refractivity (Wildman–Crippen MR) is 138 cm³/mol. The van der Waals surface area contributed by atoms with Crippen molar-refractivity contribution < 1.29 is 14.6 Å². The number of benzene rings is 3. The summed E-state index contributed by atoms with van der Waals surface area (Å²) in [5.74, 6) is 1.15. The molecule has 0 spiro atoms. The number of thioether (sulfide) groups is 1. The van der Waals surface area contributed by atoms with Crippen LogP contribution in [0.2, 0.25) is 0 Å². The maximum Gasteiger partial charge on any atom is 0.306 e. The van der Waals surface area contributed by atoms with Crippen molar-refractivity contribution >= 4 is 29.1 Å². The number of aromatic nitrogens is 1. The maximum absolute atomic E-state index is 10.8. The molecule has 0 unspecified atom stereocenters. The van der Waals surface area contributed by atoms with Crippen molar-refractivity contribution in [2.75, 3.05) is 12.4 Å². The third kappa shape index (κ3) is 5.03. The number of ether oxygens (including phenoxy) is 1. The molecule has 0 amide bonds. The number of fused-ring (bicyclic) bond motifs is 3. The Labute approximate surface area is 207 Å². The van der Waals surface area contributed by atoms with E-state index in [4.69, 9.17) is 14.8 Å². The molecule has 4 aromatic rings. The zero-order chi connectivity index (χ0) is 23.3. The highest BCUT2D eigenvalue weighted by molar-refractivity contribution is 8.01. The molecule has 5 rings (SSSR count).